The molecule has 0 fully saturated rings. The normalized spacial score (nSPS) is 17.0. The van der Waals surface area contributed by atoms with Crippen molar-refractivity contribution in [1.29, 1.82) is 0 Å². The Morgan fingerprint density at radius 3 is 2.91 bits per heavy atom. The maximum atomic E-state index is 12.2. The van der Waals surface area contributed by atoms with Gasteiger partial charge in [-0.05, 0) is 36.1 Å². The summed E-state index contributed by atoms with van der Waals surface area (Å²) in [5, 5.41) is 5.48. The van der Waals surface area contributed by atoms with Crippen LogP contribution in [0.3, 0.4) is 0 Å². The summed E-state index contributed by atoms with van der Waals surface area (Å²) >= 11 is 1.62. The molecular weight excluding hydrogens is 298 g/mol. The third-order valence-corrected chi connectivity index (χ3v) is 4.77. The van der Waals surface area contributed by atoms with Crippen molar-refractivity contribution in [2.75, 3.05) is 5.32 Å². The van der Waals surface area contributed by atoms with Gasteiger partial charge >= 0.3 is 0 Å². The van der Waals surface area contributed by atoms with Crippen molar-refractivity contribution >= 4 is 34.1 Å². The number of aromatic nitrogens is 2. The monoisotopic (exact) mass is 311 g/mol. The molecule has 0 amide bonds. The molecule has 3 N–H and O–H groups in total. The molecule has 0 saturated carbocycles. The highest BCUT2D eigenvalue weighted by Gasteiger charge is 2.26. The molecule has 6 nitrogen and oxygen atoms in total. The second-order valence-electron chi connectivity index (χ2n) is 5.11. The fourth-order valence-electron chi connectivity index (χ4n) is 2.69. The summed E-state index contributed by atoms with van der Waals surface area (Å²) in [7, 11) is 0. The summed E-state index contributed by atoms with van der Waals surface area (Å²) in [4.78, 5) is 21.9. The molecule has 4 rings (SSSR count). The molecule has 0 spiro atoms. The zero-order chi connectivity index (χ0) is 15.3. The van der Waals surface area contributed by atoms with Crippen LogP contribution in [0.1, 0.15) is 16.6 Å². The topological polar surface area (TPSA) is 85.3 Å². The summed E-state index contributed by atoms with van der Waals surface area (Å²) < 4.78 is 1.92. The lowest BCUT2D eigenvalue weighted by molar-refractivity contribution is 0.623. The molecule has 3 heterocycles. The third-order valence-electron chi connectivity index (χ3n) is 3.71. The number of rotatable bonds is 1. The van der Waals surface area contributed by atoms with Crippen molar-refractivity contribution in [2.24, 2.45) is 10.7 Å². The van der Waals surface area contributed by atoms with Gasteiger partial charge in [0.1, 0.15) is 0 Å². The van der Waals surface area contributed by atoms with Crippen LogP contribution in [-0.2, 0) is 0 Å². The average molecular weight is 311 g/mol. The quantitative estimate of drug-likeness (QED) is 0.720. The average Bonchev–Trinajstić information content (AvgIpc) is 2.92. The fourth-order valence-corrected chi connectivity index (χ4v) is 3.64. The number of hydrogen-bond acceptors (Lipinski definition) is 6. The Morgan fingerprint density at radius 2 is 2.14 bits per heavy atom. The molecule has 0 aliphatic carbocycles. The predicted octanol–water partition coefficient (Wildman–Crippen LogP) is 2.05. The number of nitrogens with two attached hydrogens (primary N) is 1. The minimum absolute atomic E-state index is 0.264. The van der Waals surface area contributed by atoms with E-state index in [-0.39, 0.29) is 17.7 Å². The maximum absolute atomic E-state index is 12.2. The van der Waals surface area contributed by atoms with E-state index in [0.717, 1.165) is 16.0 Å². The zero-order valence-electron chi connectivity index (χ0n) is 11.8. The van der Waals surface area contributed by atoms with Crippen LogP contribution in [0.25, 0.3) is 10.9 Å². The van der Waals surface area contributed by atoms with Gasteiger partial charge in [-0.15, -0.1) is 11.3 Å². The Morgan fingerprint density at radius 1 is 1.32 bits per heavy atom. The molecule has 1 aliphatic heterocycles. The van der Waals surface area contributed by atoms with Gasteiger partial charge < -0.3 is 5.73 Å². The molecule has 3 aromatic rings. The van der Waals surface area contributed by atoms with E-state index in [2.05, 4.69) is 15.3 Å². The Labute approximate surface area is 129 Å². The Balaban J connectivity index is 2.09. The van der Waals surface area contributed by atoms with Gasteiger partial charge in [-0.3, -0.25) is 14.7 Å². The molecule has 1 aromatic carbocycles. The van der Waals surface area contributed by atoms with Crippen LogP contribution in [0.4, 0.5) is 5.95 Å². The number of nitrogens with zero attached hydrogens (tertiary/aromatic N) is 3. The zero-order valence-corrected chi connectivity index (χ0v) is 12.6. The van der Waals surface area contributed by atoms with Gasteiger partial charge in [-0.1, -0.05) is 12.1 Å². The number of para-hydroxylation sites is 1. The lowest BCUT2D eigenvalue weighted by Gasteiger charge is -2.26. The van der Waals surface area contributed by atoms with E-state index in [1.807, 2.05) is 41.1 Å². The van der Waals surface area contributed by atoms with Crippen LogP contribution < -0.4 is 16.6 Å². The SMILES string of the molecule is Cc1ccsc1[C@@H]1N=C(N)Nc2nc(=O)c3ccccc3n21. The van der Waals surface area contributed by atoms with Gasteiger partial charge in [-0.2, -0.15) is 4.98 Å². The van der Waals surface area contributed by atoms with Crippen LogP contribution in [0, 0.1) is 6.92 Å². The molecule has 1 aliphatic rings. The second kappa shape index (κ2) is 4.67. The largest absolute Gasteiger partial charge is 0.370 e. The standard InChI is InChI=1S/C15H13N5OS/c1-8-6-7-22-11(8)12-17-14(16)19-15-18-13(21)9-4-2-3-5-10(9)20(12)15/h2-7,12H,1H3,(H3,16,17,18,19,21)/t12-/m1/s1. The minimum Gasteiger partial charge on any atom is -0.370 e. The molecule has 2 aromatic heterocycles. The van der Waals surface area contributed by atoms with Gasteiger partial charge in [0.25, 0.3) is 5.56 Å². The first kappa shape index (κ1) is 13.0. The van der Waals surface area contributed by atoms with Crippen molar-refractivity contribution in [3.05, 3.63) is 56.5 Å². The van der Waals surface area contributed by atoms with Crippen LogP contribution in [-0.4, -0.2) is 15.5 Å². The van der Waals surface area contributed by atoms with Crippen molar-refractivity contribution in [3.8, 4) is 0 Å². The first-order valence-corrected chi connectivity index (χ1v) is 7.68. The number of guanidine groups is 1. The number of hydrogen-bond donors (Lipinski definition) is 2. The van der Waals surface area contributed by atoms with Crippen molar-refractivity contribution in [1.82, 2.24) is 9.55 Å². The number of fused-ring (bicyclic) bond motifs is 3. The van der Waals surface area contributed by atoms with Gasteiger partial charge in [0, 0.05) is 0 Å². The van der Waals surface area contributed by atoms with Gasteiger partial charge in [0.15, 0.2) is 12.1 Å². The number of aliphatic imine (C=N–C) groups is 1. The number of thiophene rings is 1. The van der Waals surface area contributed by atoms with Crippen LogP contribution in [0.2, 0.25) is 0 Å². The Bertz CT molecular complexity index is 971. The summed E-state index contributed by atoms with van der Waals surface area (Å²) in [5.41, 5.74) is 7.54. The van der Waals surface area contributed by atoms with Gasteiger partial charge in [-0.25, -0.2) is 4.99 Å². The van der Waals surface area contributed by atoms with E-state index in [9.17, 15) is 4.79 Å². The predicted molar refractivity (Wildman–Crippen MR) is 88.4 cm³/mol. The first-order valence-electron chi connectivity index (χ1n) is 6.81. The minimum atomic E-state index is -0.311. The van der Waals surface area contributed by atoms with Crippen LogP contribution in [0.5, 0.6) is 0 Å². The lowest BCUT2D eigenvalue weighted by atomic mass is 10.2. The van der Waals surface area contributed by atoms with Crippen molar-refractivity contribution in [3.63, 3.8) is 0 Å². The van der Waals surface area contributed by atoms with Gasteiger partial charge in [0.2, 0.25) is 5.95 Å². The number of anilines is 1. The summed E-state index contributed by atoms with van der Waals surface area (Å²) in [6, 6.07) is 9.45. The molecule has 1 atom stereocenters. The van der Waals surface area contributed by atoms with E-state index in [1.54, 1.807) is 17.4 Å². The van der Waals surface area contributed by atoms with Crippen molar-refractivity contribution in [2.45, 2.75) is 13.1 Å². The van der Waals surface area contributed by atoms with E-state index >= 15 is 0 Å². The van der Waals surface area contributed by atoms with Gasteiger partial charge in [0.05, 0.1) is 15.8 Å². The Hall–Kier alpha value is -2.67. The number of nitrogens with one attached hydrogen (secondary N) is 1. The van der Waals surface area contributed by atoms with Crippen LogP contribution >= 0.6 is 11.3 Å². The molecule has 7 heteroatoms. The molecule has 0 radical (unpaired) electrons. The van der Waals surface area contributed by atoms with Crippen LogP contribution in [0.15, 0.2) is 45.5 Å². The smallest absolute Gasteiger partial charge is 0.282 e. The third kappa shape index (κ3) is 1.82. The van der Waals surface area contributed by atoms with E-state index < -0.39 is 0 Å². The highest BCUT2D eigenvalue weighted by Crippen LogP contribution is 2.34. The highest BCUT2D eigenvalue weighted by molar-refractivity contribution is 7.10. The van der Waals surface area contributed by atoms with E-state index in [1.165, 1.54) is 0 Å². The second-order valence-corrected chi connectivity index (χ2v) is 6.06. The lowest BCUT2D eigenvalue weighted by Crippen LogP contribution is -2.34. The first-order chi connectivity index (χ1) is 10.6. The molecule has 0 bridgehead atoms. The van der Waals surface area contributed by atoms with Crippen molar-refractivity contribution < 1.29 is 0 Å². The fraction of sp³-hybridized carbons (Fsp3) is 0.133. The molecule has 22 heavy (non-hydrogen) atoms. The summed E-state index contributed by atoms with van der Waals surface area (Å²) in [5.74, 6) is 0.689. The summed E-state index contributed by atoms with van der Waals surface area (Å²) in [6.45, 7) is 2.04. The molecule has 0 unspecified atom stereocenters. The van der Waals surface area contributed by atoms with E-state index in [4.69, 9.17) is 5.73 Å². The molecule has 110 valence electrons. The molecule has 0 saturated heterocycles. The number of aryl methyl sites for hydroxylation is 1. The maximum Gasteiger partial charge on any atom is 0.282 e. The van der Waals surface area contributed by atoms with E-state index in [0.29, 0.717) is 11.3 Å². The number of benzene rings is 1. The molecular formula is C15H13N5OS. The summed E-state index contributed by atoms with van der Waals surface area (Å²) in [6.07, 6.45) is -0.311. The highest BCUT2D eigenvalue weighted by atomic mass is 32.1. The Kier molecular flexibility index (Phi) is 2.77.